The first-order valence-electron chi connectivity index (χ1n) is 6.77. The SMILES string of the molecule is Cc1cc(C(=O)NCC(Br)CC(C)(C)C)ccc1[N+](=O)[O-]. The summed E-state index contributed by atoms with van der Waals surface area (Å²) in [5.74, 6) is -0.216. The molecule has 0 aliphatic heterocycles. The lowest BCUT2D eigenvalue weighted by Gasteiger charge is -2.22. The molecule has 0 heterocycles. The number of rotatable bonds is 5. The van der Waals surface area contributed by atoms with Gasteiger partial charge < -0.3 is 5.32 Å². The van der Waals surface area contributed by atoms with Crippen LogP contribution >= 0.6 is 15.9 Å². The van der Waals surface area contributed by atoms with Gasteiger partial charge in [-0.2, -0.15) is 0 Å². The lowest BCUT2D eigenvalue weighted by molar-refractivity contribution is -0.385. The Morgan fingerprint density at radius 1 is 1.43 bits per heavy atom. The Bertz CT molecular complexity index is 538. The van der Waals surface area contributed by atoms with Crippen molar-refractivity contribution < 1.29 is 9.72 Å². The van der Waals surface area contributed by atoms with Crippen molar-refractivity contribution in [2.45, 2.75) is 38.9 Å². The van der Waals surface area contributed by atoms with E-state index in [2.05, 4.69) is 42.0 Å². The second-order valence-corrected chi connectivity index (χ2v) is 7.63. The summed E-state index contributed by atoms with van der Waals surface area (Å²) in [4.78, 5) is 22.5. The van der Waals surface area contributed by atoms with Gasteiger partial charge in [-0.25, -0.2) is 0 Å². The highest BCUT2D eigenvalue weighted by Crippen LogP contribution is 2.24. The molecular weight excluding hydrogens is 336 g/mol. The zero-order valence-electron chi connectivity index (χ0n) is 12.8. The van der Waals surface area contributed by atoms with E-state index in [1.54, 1.807) is 13.0 Å². The molecule has 1 aromatic rings. The van der Waals surface area contributed by atoms with Gasteiger partial charge in [0, 0.05) is 28.6 Å². The monoisotopic (exact) mass is 356 g/mol. The van der Waals surface area contributed by atoms with Crippen LogP contribution in [0.25, 0.3) is 0 Å². The van der Waals surface area contributed by atoms with Crippen molar-refractivity contribution in [1.82, 2.24) is 5.32 Å². The van der Waals surface area contributed by atoms with Gasteiger partial charge in [-0.3, -0.25) is 14.9 Å². The third-order valence-corrected chi connectivity index (χ3v) is 3.62. The number of hydrogen-bond acceptors (Lipinski definition) is 3. The summed E-state index contributed by atoms with van der Waals surface area (Å²) in [5, 5.41) is 13.6. The fourth-order valence-electron chi connectivity index (χ4n) is 2.04. The van der Waals surface area contributed by atoms with Crippen molar-refractivity contribution in [2.24, 2.45) is 5.41 Å². The molecule has 0 saturated carbocycles. The highest BCUT2D eigenvalue weighted by molar-refractivity contribution is 9.09. The normalized spacial score (nSPS) is 12.8. The predicted octanol–water partition coefficient (Wildman–Crippen LogP) is 3.83. The molecule has 1 N–H and O–H groups in total. The number of carbonyl (C=O) groups is 1. The van der Waals surface area contributed by atoms with Gasteiger partial charge >= 0.3 is 0 Å². The van der Waals surface area contributed by atoms with Gasteiger partial charge in [-0.15, -0.1) is 0 Å². The van der Waals surface area contributed by atoms with Crippen LogP contribution in [-0.2, 0) is 0 Å². The Labute approximate surface area is 133 Å². The van der Waals surface area contributed by atoms with Crippen LogP contribution in [0, 0.1) is 22.5 Å². The molecule has 0 aliphatic carbocycles. The van der Waals surface area contributed by atoms with Gasteiger partial charge in [-0.05, 0) is 30.9 Å². The maximum atomic E-state index is 12.0. The van der Waals surface area contributed by atoms with Gasteiger partial charge in [0.1, 0.15) is 0 Å². The number of nitrogens with zero attached hydrogens (tertiary/aromatic N) is 1. The maximum absolute atomic E-state index is 12.0. The molecule has 1 aromatic carbocycles. The Morgan fingerprint density at radius 2 is 2.05 bits per heavy atom. The average Bonchev–Trinajstić information content (AvgIpc) is 2.33. The first-order valence-corrected chi connectivity index (χ1v) is 7.69. The summed E-state index contributed by atoms with van der Waals surface area (Å²) in [6.45, 7) is 8.57. The van der Waals surface area contributed by atoms with E-state index in [4.69, 9.17) is 0 Å². The maximum Gasteiger partial charge on any atom is 0.272 e. The molecule has 0 radical (unpaired) electrons. The van der Waals surface area contributed by atoms with E-state index < -0.39 is 4.92 Å². The summed E-state index contributed by atoms with van der Waals surface area (Å²) < 4.78 is 0. The van der Waals surface area contributed by atoms with E-state index >= 15 is 0 Å². The number of alkyl halides is 1. The van der Waals surface area contributed by atoms with Crippen molar-refractivity contribution in [2.75, 3.05) is 6.54 Å². The Kier molecular flexibility index (Phi) is 5.89. The largest absolute Gasteiger partial charge is 0.351 e. The van der Waals surface area contributed by atoms with Gasteiger partial charge in [-0.1, -0.05) is 36.7 Å². The number of carbonyl (C=O) groups excluding carboxylic acids is 1. The first-order chi connectivity index (χ1) is 9.60. The first kappa shape index (κ1) is 17.6. The van der Waals surface area contributed by atoms with E-state index in [0.29, 0.717) is 17.7 Å². The summed E-state index contributed by atoms with van der Waals surface area (Å²) in [7, 11) is 0. The number of amides is 1. The van der Waals surface area contributed by atoms with Crippen LogP contribution in [0.2, 0.25) is 0 Å². The molecule has 0 spiro atoms. The molecule has 1 unspecified atom stereocenters. The number of hydrogen-bond donors (Lipinski definition) is 1. The lowest BCUT2D eigenvalue weighted by atomic mass is 9.90. The van der Waals surface area contributed by atoms with Crippen LogP contribution in [0.5, 0.6) is 0 Å². The number of nitro benzene ring substituents is 1. The number of nitrogens with one attached hydrogen (secondary N) is 1. The molecule has 1 atom stereocenters. The summed E-state index contributed by atoms with van der Waals surface area (Å²) >= 11 is 3.56. The third-order valence-electron chi connectivity index (χ3n) is 2.97. The van der Waals surface area contributed by atoms with E-state index in [1.807, 2.05) is 0 Å². The zero-order chi connectivity index (χ0) is 16.2. The smallest absolute Gasteiger partial charge is 0.272 e. The number of nitro groups is 1. The van der Waals surface area contributed by atoms with E-state index in [0.717, 1.165) is 6.42 Å². The molecule has 1 rings (SSSR count). The average molecular weight is 357 g/mol. The van der Waals surface area contributed by atoms with Crippen LogP contribution < -0.4 is 5.32 Å². The van der Waals surface area contributed by atoms with Crippen LogP contribution in [0.3, 0.4) is 0 Å². The minimum atomic E-state index is -0.450. The highest BCUT2D eigenvalue weighted by Gasteiger charge is 2.18. The quantitative estimate of drug-likeness (QED) is 0.494. The molecule has 1 amide bonds. The summed E-state index contributed by atoms with van der Waals surface area (Å²) in [6.07, 6.45) is 0.937. The van der Waals surface area contributed by atoms with Crippen LogP contribution in [0.4, 0.5) is 5.69 Å². The van der Waals surface area contributed by atoms with Crippen molar-refractivity contribution in [3.8, 4) is 0 Å². The van der Waals surface area contributed by atoms with E-state index in [9.17, 15) is 14.9 Å². The molecular formula is C15H21BrN2O3. The molecule has 0 aliphatic rings. The van der Waals surface area contributed by atoms with Crippen LogP contribution in [-0.4, -0.2) is 22.2 Å². The van der Waals surface area contributed by atoms with Gasteiger partial charge in [0.25, 0.3) is 11.6 Å². The third kappa shape index (κ3) is 5.83. The molecule has 5 nitrogen and oxygen atoms in total. The Balaban J connectivity index is 2.64. The minimum Gasteiger partial charge on any atom is -0.351 e. The molecule has 0 fully saturated rings. The van der Waals surface area contributed by atoms with E-state index in [-0.39, 0.29) is 21.8 Å². The van der Waals surface area contributed by atoms with E-state index in [1.165, 1.54) is 12.1 Å². The molecule has 21 heavy (non-hydrogen) atoms. The highest BCUT2D eigenvalue weighted by atomic mass is 79.9. The standard InChI is InChI=1S/C15H21BrN2O3/c1-10-7-11(5-6-13(10)18(20)21)14(19)17-9-12(16)8-15(2,3)4/h5-7,12H,8-9H2,1-4H3,(H,17,19). The minimum absolute atomic E-state index is 0.0256. The molecule has 0 aromatic heterocycles. The fourth-order valence-corrected chi connectivity index (χ4v) is 3.18. The number of halogens is 1. The molecule has 0 saturated heterocycles. The van der Waals surface area contributed by atoms with Gasteiger partial charge in [0.2, 0.25) is 0 Å². The van der Waals surface area contributed by atoms with Gasteiger partial charge in [0.15, 0.2) is 0 Å². The predicted molar refractivity (Wildman–Crippen MR) is 87.0 cm³/mol. The summed E-state index contributed by atoms with van der Waals surface area (Å²) in [6, 6.07) is 4.39. The molecule has 116 valence electrons. The van der Waals surface area contributed by atoms with Crippen LogP contribution in [0.1, 0.15) is 43.1 Å². The zero-order valence-corrected chi connectivity index (χ0v) is 14.4. The number of benzene rings is 1. The van der Waals surface area contributed by atoms with Crippen molar-refractivity contribution in [3.63, 3.8) is 0 Å². The molecule has 6 heteroatoms. The second kappa shape index (κ2) is 7.02. The lowest BCUT2D eigenvalue weighted by Crippen LogP contribution is -2.31. The second-order valence-electron chi connectivity index (χ2n) is 6.33. The van der Waals surface area contributed by atoms with Crippen molar-refractivity contribution in [1.29, 1.82) is 0 Å². The topological polar surface area (TPSA) is 72.2 Å². The number of aryl methyl sites for hydroxylation is 1. The Morgan fingerprint density at radius 3 is 2.52 bits per heavy atom. The van der Waals surface area contributed by atoms with Gasteiger partial charge in [0.05, 0.1) is 4.92 Å². The Hall–Kier alpha value is -1.43. The molecule has 0 bridgehead atoms. The van der Waals surface area contributed by atoms with Crippen LogP contribution in [0.15, 0.2) is 18.2 Å². The summed E-state index contributed by atoms with van der Waals surface area (Å²) in [5.41, 5.74) is 1.13. The fraction of sp³-hybridized carbons (Fsp3) is 0.533. The van der Waals surface area contributed by atoms with Crippen molar-refractivity contribution >= 4 is 27.5 Å². The van der Waals surface area contributed by atoms with Crippen molar-refractivity contribution in [3.05, 3.63) is 39.4 Å².